The molecule has 0 atom stereocenters. The van der Waals surface area contributed by atoms with Crippen LogP contribution in [0.4, 0.5) is 0 Å². The molecule has 0 fully saturated rings. The van der Waals surface area contributed by atoms with Gasteiger partial charge in [-0.25, -0.2) is 4.98 Å². The first-order valence-electron chi connectivity index (χ1n) is 11.3. The normalized spacial score (nSPS) is 11.7. The summed E-state index contributed by atoms with van der Waals surface area (Å²) >= 11 is 0. The number of Topliss-reactive ketones (excluding diaryl/α,β-unsaturated/α-hetero) is 2. The van der Waals surface area contributed by atoms with E-state index in [-0.39, 0.29) is 22.5 Å². The number of benzene rings is 4. The summed E-state index contributed by atoms with van der Waals surface area (Å²) in [6, 6.07) is 31.9. The van der Waals surface area contributed by atoms with Gasteiger partial charge in [0.1, 0.15) is 16.8 Å². The molecule has 5 aromatic rings. The van der Waals surface area contributed by atoms with Gasteiger partial charge in [0.2, 0.25) is 17.1 Å². The number of fused-ring (bicyclic) bond motifs is 1. The number of carbonyl (C=O) groups is 2. The van der Waals surface area contributed by atoms with Gasteiger partial charge >= 0.3 is 0 Å². The molecule has 174 valence electrons. The van der Waals surface area contributed by atoms with Crippen molar-refractivity contribution in [1.29, 1.82) is 0 Å². The monoisotopic (exact) mass is 472 g/mol. The van der Waals surface area contributed by atoms with E-state index in [2.05, 4.69) is 4.98 Å². The van der Waals surface area contributed by atoms with Gasteiger partial charge in [0.15, 0.2) is 5.69 Å². The quantitative estimate of drug-likeness (QED) is 0.0890. The van der Waals surface area contributed by atoms with Crippen LogP contribution in [0.2, 0.25) is 0 Å². The topological polar surface area (TPSA) is 94.2 Å². The number of para-hydroxylation sites is 2. The molecule has 1 aromatic heterocycles. The molecule has 0 unspecified atom stereocenters. The fourth-order valence-electron chi connectivity index (χ4n) is 4.05. The number of aliphatic hydroxyl groups is 1. The van der Waals surface area contributed by atoms with Crippen LogP contribution < -0.4 is 4.73 Å². The standard InChI is InChI=1S/C30H20N2O4/c33-28(21-14-6-2-7-15-21)25(30(35)29(34)22-16-8-3-9-17-22)26-27(20-12-4-1-5-13-20)32(36)24-19-11-10-18-23(24)31-26/h1-19,33H/b28-25+. The number of hydrogen-bond donors (Lipinski definition) is 1. The van der Waals surface area contributed by atoms with Gasteiger partial charge in [-0.3, -0.25) is 9.59 Å². The van der Waals surface area contributed by atoms with Crippen molar-refractivity contribution in [3.63, 3.8) is 0 Å². The van der Waals surface area contributed by atoms with E-state index in [1.165, 1.54) is 12.1 Å². The summed E-state index contributed by atoms with van der Waals surface area (Å²) in [5.74, 6) is -2.23. The van der Waals surface area contributed by atoms with E-state index in [0.717, 1.165) is 0 Å². The lowest BCUT2D eigenvalue weighted by molar-refractivity contribution is -0.565. The highest BCUT2D eigenvalue weighted by atomic mass is 16.5. The molecule has 1 N–H and O–H groups in total. The summed E-state index contributed by atoms with van der Waals surface area (Å²) in [4.78, 5) is 31.7. The van der Waals surface area contributed by atoms with Crippen LogP contribution in [0.15, 0.2) is 115 Å². The number of rotatable bonds is 6. The van der Waals surface area contributed by atoms with Crippen molar-refractivity contribution in [3.05, 3.63) is 137 Å². The molecule has 0 spiro atoms. The van der Waals surface area contributed by atoms with Crippen molar-refractivity contribution in [2.45, 2.75) is 0 Å². The van der Waals surface area contributed by atoms with E-state index >= 15 is 0 Å². The van der Waals surface area contributed by atoms with Crippen LogP contribution in [0.1, 0.15) is 21.6 Å². The molecule has 6 nitrogen and oxygen atoms in total. The smallest absolute Gasteiger partial charge is 0.251 e. The second-order valence-electron chi connectivity index (χ2n) is 8.07. The molecule has 0 aliphatic carbocycles. The van der Waals surface area contributed by atoms with Gasteiger partial charge in [0.05, 0.1) is 0 Å². The van der Waals surface area contributed by atoms with Crippen molar-refractivity contribution >= 4 is 33.9 Å². The molecule has 4 aromatic carbocycles. The predicted molar refractivity (Wildman–Crippen MR) is 138 cm³/mol. The van der Waals surface area contributed by atoms with Crippen molar-refractivity contribution < 1.29 is 19.4 Å². The number of hydrogen-bond acceptors (Lipinski definition) is 5. The fourth-order valence-corrected chi connectivity index (χ4v) is 4.05. The van der Waals surface area contributed by atoms with Gasteiger partial charge in [-0.2, -0.15) is 4.73 Å². The zero-order valence-corrected chi connectivity index (χ0v) is 19.0. The molecule has 0 bridgehead atoms. The van der Waals surface area contributed by atoms with Crippen molar-refractivity contribution in [3.8, 4) is 11.3 Å². The zero-order chi connectivity index (χ0) is 25.1. The number of allylic oxidation sites excluding steroid dienone is 1. The Labute approximate surface area is 207 Å². The first-order chi connectivity index (χ1) is 17.6. The van der Waals surface area contributed by atoms with E-state index in [0.29, 0.717) is 26.9 Å². The first-order valence-corrected chi connectivity index (χ1v) is 11.3. The second kappa shape index (κ2) is 9.64. The lowest BCUT2D eigenvalue weighted by atomic mass is 9.93. The van der Waals surface area contributed by atoms with E-state index < -0.39 is 17.3 Å². The Morgan fingerprint density at radius 1 is 0.694 bits per heavy atom. The summed E-state index contributed by atoms with van der Waals surface area (Å²) in [5, 5.41) is 25.0. The van der Waals surface area contributed by atoms with Crippen molar-refractivity contribution in [2.75, 3.05) is 0 Å². The average molecular weight is 473 g/mol. The third kappa shape index (κ3) is 4.12. The number of carbonyl (C=O) groups excluding carboxylic acids is 2. The lowest BCUT2D eigenvalue weighted by Crippen LogP contribution is -2.33. The van der Waals surface area contributed by atoms with E-state index in [1.807, 2.05) is 0 Å². The summed E-state index contributed by atoms with van der Waals surface area (Å²) in [6.45, 7) is 0. The zero-order valence-electron chi connectivity index (χ0n) is 19.0. The minimum atomic E-state index is -0.970. The number of nitrogens with zero attached hydrogens (tertiary/aromatic N) is 2. The maximum absolute atomic E-state index is 13.8. The number of ketones is 2. The van der Waals surface area contributed by atoms with Crippen LogP contribution in [0.3, 0.4) is 0 Å². The molecular formula is C30H20N2O4. The Hall–Kier alpha value is -5.10. The Morgan fingerprint density at radius 2 is 1.22 bits per heavy atom. The van der Waals surface area contributed by atoms with E-state index in [9.17, 15) is 19.9 Å². The van der Waals surface area contributed by atoms with Crippen LogP contribution in [0.25, 0.3) is 33.6 Å². The van der Waals surface area contributed by atoms with Crippen LogP contribution >= 0.6 is 0 Å². The Bertz CT molecular complexity index is 1610. The van der Waals surface area contributed by atoms with Gasteiger partial charge in [-0.1, -0.05) is 91.0 Å². The van der Waals surface area contributed by atoms with Crippen LogP contribution in [-0.4, -0.2) is 21.7 Å². The molecule has 36 heavy (non-hydrogen) atoms. The molecule has 6 heteroatoms. The van der Waals surface area contributed by atoms with Gasteiger partial charge in [0.25, 0.3) is 5.69 Å². The Balaban J connectivity index is 1.86. The lowest BCUT2D eigenvalue weighted by Gasteiger charge is -2.15. The number of aliphatic hydroxyl groups excluding tert-OH is 1. The summed E-state index contributed by atoms with van der Waals surface area (Å²) in [6.07, 6.45) is 0. The molecule has 5 rings (SSSR count). The maximum atomic E-state index is 13.8. The Kier molecular flexibility index (Phi) is 6.07. The summed E-state index contributed by atoms with van der Waals surface area (Å²) in [5.41, 5.74) is 1.21. The number of aromatic nitrogens is 2. The predicted octanol–water partition coefficient (Wildman–Crippen LogP) is 5.41. The third-order valence-electron chi connectivity index (χ3n) is 5.80. The fraction of sp³-hybridized carbons (Fsp3) is 0. The van der Waals surface area contributed by atoms with Crippen molar-refractivity contribution in [1.82, 2.24) is 4.98 Å². The van der Waals surface area contributed by atoms with E-state index in [4.69, 9.17) is 0 Å². The summed E-state index contributed by atoms with van der Waals surface area (Å²) in [7, 11) is 0. The summed E-state index contributed by atoms with van der Waals surface area (Å²) < 4.78 is 0.686. The highest BCUT2D eigenvalue weighted by Crippen LogP contribution is 2.32. The Morgan fingerprint density at radius 3 is 1.86 bits per heavy atom. The molecule has 0 aliphatic rings. The van der Waals surface area contributed by atoms with Crippen molar-refractivity contribution in [2.24, 2.45) is 0 Å². The van der Waals surface area contributed by atoms with Crippen LogP contribution in [0.5, 0.6) is 0 Å². The molecule has 0 saturated carbocycles. The molecule has 0 radical (unpaired) electrons. The van der Waals surface area contributed by atoms with Crippen LogP contribution in [0, 0.1) is 5.21 Å². The highest BCUT2D eigenvalue weighted by Gasteiger charge is 2.33. The SMILES string of the molecule is O=C(C(=O)c1ccccc1)/C(=C(/O)c1ccccc1)c1nc2ccccc2[n+]([O-])c1-c1ccccc1. The minimum absolute atomic E-state index is 0.0565. The molecule has 1 heterocycles. The molecular weight excluding hydrogens is 452 g/mol. The molecule has 0 saturated heterocycles. The minimum Gasteiger partial charge on any atom is -0.618 e. The maximum Gasteiger partial charge on any atom is 0.251 e. The highest BCUT2D eigenvalue weighted by molar-refractivity contribution is 6.60. The second-order valence-corrected chi connectivity index (χ2v) is 8.07. The van der Waals surface area contributed by atoms with E-state index in [1.54, 1.807) is 103 Å². The average Bonchev–Trinajstić information content (AvgIpc) is 2.94. The molecule has 0 aliphatic heterocycles. The van der Waals surface area contributed by atoms with Gasteiger partial charge in [0, 0.05) is 22.8 Å². The molecule has 0 amide bonds. The van der Waals surface area contributed by atoms with Gasteiger partial charge in [-0.15, -0.1) is 0 Å². The third-order valence-corrected chi connectivity index (χ3v) is 5.80. The van der Waals surface area contributed by atoms with Gasteiger partial charge < -0.3 is 10.3 Å². The van der Waals surface area contributed by atoms with Gasteiger partial charge in [-0.05, 0) is 18.2 Å². The van der Waals surface area contributed by atoms with Crippen LogP contribution in [-0.2, 0) is 4.79 Å². The largest absolute Gasteiger partial charge is 0.618 e. The first kappa shape index (κ1) is 22.7.